The van der Waals surface area contributed by atoms with E-state index < -0.39 is 11.7 Å². The van der Waals surface area contributed by atoms with Gasteiger partial charge in [-0.1, -0.05) is 56.3 Å². The minimum Gasteiger partial charge on any atom is -0.444 e. The lowest BCUT2D eigenvalue weighted by Gasteiger charge is -2.20. The zero-order valence-electron chi connectivity index (χ0n) is 18.0. The Kier molecular flexibility index (Phi) is 7.82. The molecule has 2 N–H and O–H groups in total. The summed E-state index contributed by atoms with van der Waals surface area (Å²) in [4.78, 5) is 24.8. The molecule has 2 amide bonds. The fraction of sp³-hybridized carbons (Fsp3) is 0.417. The molecule has 0 aliphatic carbocycles. The summed E-state index contributed by atoms with van der Waals surface area (Å²) < 4.78 is 5.32. The zero-order valence-corrected chi connectivity index (χ0v) is 18.0. The number of nitrogens with one attached hydrogen (secondary N) is 2. The van der Waals surface area contributed by atoms with Gasteiger partial charge < -0.3 is 15.4 Å². The highest BCUT2D eigenvalue weighted by Crippen LogP contribution is 2.27. The third kappa shape index (κ3) is 7.26. The van der Waals surface area contributed by atoms with Crippen LogP contribution >= 0.6 is 0 Å². The number of rotatable bonds is 7. The van der Waals surface area contributed by atoms with E-state index in [1.165, 1.54) is 0 Å². The summed E-state index contributed by atoms with van der Waals surface area (Å²) in [5.41, 5.74) is 2.75. The predicted molar refractivity (Wildman–Crippen MR) is 117 cm³/mol. The Hall–Kier alpha value is -2.82. The first-order valence-corrected chi connectivity index (χ1v) is 10.1. The van der Waals surface area contributed by atoms with Crippen LogP contribution in [0.15, 0.2) is 48.5 Å². The maximum Gasteiger partial charge on any atom is 0.407 e. The number of alkyl carbamates (subject to hydrolysis) is 1. The number of hydrogen-bond acceptors (Lipinski definition) is 3. The number of amides is 2. The van der Waals surface area contributed by atoms with Crippen LogP contribution in [0.4, 0.5) is 4.79 Å². The van der Waals surface area contributed by atoms with Gasteiger partial charge in [-0.3, -0.25) is 4.79 Å². The molecular weight excluding hydrogens is 364 g/mol. The van der Waals surface area contributed by atoms with Crippen molar-refractivity contribution in [3.63, 3.8) is 0 Å². The molecule has 0 aliphatic heterocycles. The van der Waals surface area contributed by atoms with Gasteiger partial charge in [0.05, 0.1) is 0 Å². The molecule has 0 atom stereocenters. The molecule has 0 heterocycles. The largest absolute Gasteiger partial charge is 0.444 e. The van der Waals surface area contributed by atoms with Crippen molar-refractivity contribution in [1.29, 1.82) is 0 Å². The van der Waals surface area contributed by atoms with Crippen LogP contribution in [-0.2, 0) is 11.3 Å². The molecule has 2 rings (SSSR count). The van der Waals surface area contributed by atoms with Gasteiger partial charge >= 0.3 is 6.09 Å². The van der Waals surface area contributed by atoms with Crippen LogP contribution in [0, 0.1) is 5.92 Å². The van der Waals surface area contributed by atoms with E-state index in [1.807, 2.05) is 69.3 Å². The molecule has 0 aromatic heterocycles. The lowest BCUT2D eigenvalue weighted by atomic mass is 9.95. The van der Waals surface area contributed by atoms with Gasteiger partial charge in [-0.2, -0.15) is 0 Å². The van der Waals surface area contributed by atoms with Crippen LogP contribution in [0.3, 0.4) is 0 Å². The van der Waals surface area contributed by atoms with Crippen molar-refractivity contribution in [2.75, 3.05) is 6.54 Å². The van der Waals surface area contributed by atoms with E-state index in [1.54, 1.807) is 0 Å². The fourth-order valence-electron chi connectivity index (χ4n) is 2.90. The molecule has 0 spiro atoms. The second-order valence-corrected chi connectivity index (χ2v) is 8.50. The van der Waals surface area contributed by atoms with Crippen LogP contribution in [0.2, 0.25) is 0 Å². The van der Waals surface area contributed by atoms with E-state index in [0.29, 0.717) is 24.6 Å². The van der Waals surface area contributed by atoms with Crippen LogP contribution in [0.5, 0.6) is 0 Å². The van der Waals surface area contributed by atoms with E-state index in [9.17, 15) is 9.59 Å². The van der Waals surface area contributed by atoms with Crippen molar-refractivity contribution in [3.05, 3.63) is 59.7 Å². The smallest absolute Gasteiger partial charge is 0.407 e. The van der Waals surface area contributed by atoms with Gasteiger partial charge in [0, 0.05) is 18.7 Å². The van der Waals surface area contributed by atoms with Gasteiger partial charge in [-0.15, -0.1) is 0 Å². The van der Waals surface area contributed by atoms with Crippen molar-refractivity contribution in [2.24, 2.45) is 5.92 Å². The van der Waals surface area contributed by atoms with Crippen molar-refractivity contribution < 1.29 is 14.3 Å². The lowest BCUT2D eigenvalue weighted by molar-refractivity contribution is 0.0523. The maximum absolute atomic E-state index is 12.8. The highest BCUT2D eigenvalue weighted by Gasteiger charge is 2.18. The Morgan fingerprint density at radius 2 is 1.55 bits per heavy atom. The van der Waals surface area contributed by atoms with Gasteiger partial charge in [0.1, 0.15) is 5.60 Å². The Morgan fingerprint density at radius 1 is 0.931 bits per heavy atom. The van der Waals surface area contributed by atoms with E-state index in [4.69, 9.17) is 4.74 Å². The quantitative estimate of drug-likeness (QED) is 0.680. The molecule has 0 fully saturated rings. The summed E-state index contributed by atoms with van der Waals surface area (Å²) in [6.07, 6.45) is 0.469. The predicted octanol–water partition coefficient (Wildman–Crippen LogP) is 5.15. The van der Waals surface area contributed by atoms with Crippen LogP contribution in [0.1, 0.15) is 57.0 Å². The lowest BCUT2D eigenvalue weighted by Crippen LogP contribution is -2.32. The number of benzene rings is 2. The van der Waals surface area contributed by atoms with E-state index >= 15 is 0 Å². The molecule has 2 aromatic rings. The summed E-state index contributed by atoms with van der Waals surface area (Å²) in [6.45, 7) is 10.7. The number of ether oxygens (including phenoxy) is 1. The van der Waals surface area contributed by atoms with Crippen molar-refractivity contribution in [1.82, 2.24) is 10.6 Å². The highest BCUT2D eigenvalue weighted by atomic mass is 16.6. The SMILES string of the molecule is CC(C)CCNC(=O)c1ccccc1-c1ccccc1CNC(=O)OC(C)(C)C. The Bertz CT molecular complexity index is 838. The average molecular weight is 397 g/mol. The average Bonchev–Trinajstić information content (AvgIpc) is 2.65. The number of carbonyl (C=O) groups excluding carboxylic acids is 2. The Balaban J connectivity index is 2.21. The van der Waals surface area contributed by atoms with E-state index in [0.717, 1.165) is 23.1 Å². The first-order valence-electron chi connectivity index (χ1n) is 10.1. The molecule has 0 aliphatic rings. The van der Waals surface area contributed by atoms with Crippen molar-refractivity contribution in [3.8, 4) is 11.1 Å². The minimum atomic E-state index is -0.551. The summed E-state index contributed by atoms with van der Waals surface area (Å²) in [5.74, 6) is 0.446. The standard InChI is InChI=1S/C24H32N2O3/c1-17(2)14-15-25-22(27)21-13-9-8-12-20(21)19-11-7-6-10-18(19)16-26-23(28)29-24(3,4)5/h6-13,17H,14-16H2,1-5H3,(H,25,27)(H,26,28). The van der Waals surface area contributed by atoms with E-state index in [2.05, 4.69) is 24.5 Å². The van der Waals surface area contributed by atoms with Crippen LogP contribution in [0.25, 0.3) is 11.1 Å². The molecule has 29 heavy (non-hydrogen) atoms. The Labute approximate surface area is 173 Å². The minimum absolute atomic E-state index is 0.0869. The molecule has 0 bridgehead atoms. The van der Waals surface area contributed by atoms with E-state index in [-0.39, 0.29) is 5.91 Å². The molecule has 2 aromatic carbocycles. The Morgan fingerprint density at radius 3 is 2.21 bits per heavy atom. The van der Waals surface area contributed by atoms with Crippen LogP contribution < -0.4 is 10.6 Å². The molecular formula is C24H32N2O3. The van der Waals surface area contributed by atoms with Crippen molar-refractivity contribution in [2.45, 2.75) is 53.2 Å². The summed E-state index contributed by atoms with van der Waals surface area (Å²) in [5, 5.41) is 5.81. The van der Waals surface area contributed by atoms with Gasteiger partial charge in [0.15, 0.2) is 0 Å². The fourth-order valence-corrected chi connectivity index (χ4v) is 2.90. The highest BCUT2D eigenvalue weighted by molar-refractivity contribution is 6.01. The molecule has 0 saturated carbocycles. The molecule has 5 nitrogen and oxygen atoms in total. The number of hydrogen-bond donors (Lipinski definition) is 2. The summed E-state index contributed by atoms with van der Waals surface area (Å²) in [6, 6.07) is 15.3. The van der Waals surface area contributed by atoms with Gasteiger partial charge in [-0.05, 0) is 55.9 Å². The van der Waals surface area contributed by atoms with Gasteiger partial charge in [0.2, 0.25) is 0 Å². The molecule has 0 radical (unpaired) electrons. The first-order chi connectivity index (χ1) is 13.7. The normalized spacial score (nSPS) is 11.2. The molecule has 0 saturated heterocycles. The molecule has 156 valence electrons. The number of carbonyl (C=O) groups is 2. The topological polar surface area (TPSA) is 67.4 Å². The monoisotopic (exact) mass is 396 g/mol. The van der Waals surface area contributed by atoms with Gasteiger partial charge in [-0.25, -0.2) is 4.79 Å². The maximum atomic E-state index is 12.8. The molecule has 0 unspecified atom stereocenters. The third-order valence-corrected chi connectivity index (χ3v) is 4.31. The molecule has 5 heteroatoms. The van der Waals surface area contributed by atoms with Gasteiger partial charge in [0.25, 0.3) is 5.91 Å². The zero-order chi connectivity index (χ0) is 21.4. The summed E-state index contributed by atoms with van der Waals surface area (Å²) in [7, 11) is 0. The third-order valence-electron chi connectivity index (χ3n) is 4.31. The van der Waals surface area contributed by atoms with Crippen LogP contribution in [-0.4, -0.2) is 24.1 Å². The second kappa shape index (κ2) is 10.1. The van der Waals surface area contributed by atoms with Crippen molar-refractivity contribution >= 4 is 12.0 Å². The first kappa shape index (κ1) is 22.5. The summed E-state index contributed by atoms with van der Waals surface area (Å²) >= 11 is 0. The second-order valence-electron chi connectivity index (χ2n) is 8.50.